The number of hydrogen-bond acceptors (Lipinski definition) is 4. The van der Waals surface area contributed by atoms with Gasteiger partial charge >= 0.3 is 5.97 Å². The van der Waals surface area contributed by atoms with E-state index in [0.717, 1.165) is 12.1 Å². The Bertz CT molecular complexity index is 1070. The van der Waals surface area contributed by atoms with E-state index in [0.29, 0.717) is 22.6 Å². The van der Waals surface area contributed by atoms with Gasteiger partial charge in [0.05, 0.1) is 4.90 Å². The number of halogens is 1. The highest BCUT2D eigenvalue weighted by Crippen LogP contribution is 2.28. The number of anilines is 1. The SMILES string of the molecule is Cc1cc(NS(=O)(=O)c2ccc(F)cc2)ccc1-c1ccc(C(=O)O)o1. The fourth-order valence-corrected chi connectivity index (χ4v) is 3.48. The second-order valence-electron chi connectivity index (χ2n) is 5.56. The first kappa shape index (κ1) is 17.7. The van der Waals surface area contributed by atoms with E-state index < -0.39 is 21.8 Å². The van der Waals surface area contributed by atoms with Gasteiger partial charge in [-0.05, 0) is 67.1 Å². The Balaban J connectivity index is 1.87. The van der Waals surface area contributed by atoms with Crippen molar-refractivity contribution < 1.29 is 27.1 Å². The van der Waals surface area contributed by atoms with Gasteiger partial charge < -0.3 is 9.52 Å². The first-order valence-electron chi connectivity index (χ1n) is 7.49. The summed E-state index contributed by atoms with van der Waals surface area (Å²) in [7, 11) is -3.85. The molecule has 0 aliphatic heterocycles. The molecule has 8 heteroatoms. The summed E-state index contributed by atoms with van der Waals surface area (Å²) in [5, 5.41) is 8.92. The molecule has 0 radical (unpaired) electrons. The minimum atomic E-state index is -3.85. The van der Waals surface area contributed by atoms with Crippen molar-refractivity contribution in [3.63, 3.8) is 0 Å². The largest absolute Gasteiger partial charge is 0.475 e. The van der Waals surface area contributed by atoms with Gasteiger partial charge in [0.25, 0.3) is 10.0 Å². The molecule has 26 heavy (non-hydrogen) atoms. The summed E-state index contributed by atoms with van der Waals surface area (Å²) in [4.78, 5) is 10.8. The molecule has 1 heterocycles. The molecule has 0 spiro atoms. The number of aromatic carboxylic acids is 1. The van der Waals surface area contributed by atoms with Crippen molar-refractivity contribution in [1.29, 1.82) is 0 Å². The van der Waals surface area contributed by atoms with Crippen LogP contribution in [0.25, 0.3) is 11.3 Å². The minimum Gasteiger partial charge on any atom is -0.475 e. The van der Waals surface area contributed by atoms with E-state index in [1.54, 1.807) is 19.1 Å². The van der Waals surface area contributed by atoms with E-state index in [-0.39, 0.29) is 10.7 Å². The van der Waals surface area contributed by atoms with Crippen molar-refractivity contribution in [3.8, 4) is 11.3 Å². The Morgan fingerprint density at radius 1 is 1.08 bits per heavy atom. The van der Waals surface area contributed by atoms with Gasteiger partial charge in [0, 0.05) is 11.3 Å². The second-order valence-corrected chi connectivity index (χ2v) is 7.24. The highest BCUT2D eigenvalue weighted by molar-refractivity contribution is 7.92. The van der Waals surface area contributed by atoms with E-state index in [1.165, 1.54) is 30.3 Å². The van der Waals surface area contributed by atoms with Gasteiger partial charge in [-0.25, -0.2) is 17.6 Å². The zero-order chi connectivity index (χ0) is 18.9. The molecule has 0 unspecified atom stereocenters. The number of carbonyl (C=O) groups is 1. The molecule has 2 N–H and O–H groups in total. The number of sulfonamides is 1. The van der Waals surface area contributed by atoms with Crippen molar-refractivity contribution in [2.45, 2.75) is 11.8 Å². The molecule has 3 rings (SSSR count). The van der Waals surface area contributed by atoms with Gasteiger partial charge in [-0.1, -0.05) is 0 Å². The Kier molecular flexibility index (Phi) is 4.52. The molecule has 0 atom stereocenters. The predicted octanol–water partition coefficient (Wildman–Crippen LogP) is 3.89. The van der Waals surface area contributed by atoms with Crippen LogP contribution in [-0.2, 0) is 10.0 Å². The van der Waals surface area contributed by atoms with Gasteiger partial charge in [-0.15, -0.1) is 0 Å². The zero-order valence-electron chi connectivity index (χ0n) is 13.6. The molecule has 0 saturated carbocycles. The molecule has 0 bridgehead atoms. The van der Waals surface area contributed by atoms with E-state index in [4.69, 9.17) is 9.52 Å². The van der Waals surface area contributed by atoms with Crippen LogP contribution >= 0.6 is 0 Å². The molecule has 0 aliphatic carbocycles. The summed E-state index contributed by atoms with van der Waals surface area (Å²) >= 11 is 0. The summed E-state index contributed by atoms with van der Waals surface area (Å²) < 4.78 is 45.3. The fraction of sp³-hybridized carbons (Fsp3) is 0.0556. The van der Waals surface area contributed by atoms with Crippen molar-refractivity contribution >= 4 is 21.7 Å². The number of furan rings is 1. The zero-order valence-corrected chi connectivity index (χ0v) is 14.4. The topological polar surface area (TPSA) is 96.6 Å². The molecular formula is C18H14FNO5S. The number of benzene rings is 2. The van der Waals surface area contributed by atoms with Crippen LogP contribution in [0.3, 0.4) is 0 Å². The molecule has 134 valence electrons. The quantitative estimate of drug-likeness (QED) is 0.705. The Hall–Kier alpha value is -3.13. The first-order valence-corrected chi connectivity index (χ1v) is 8.97. The number of carboxylic acids is 1. The predicted molar refractivity (Wildman–Crippen MR) is 93.0 cm³/mol. The molecule has 0 aliphatic rings. The third-order valence-electron chi connectivity index (χ3n) is 3.68. The summed E-state index contributed by atoms with van der Waals surface area (Å²) in [5.41, 5.74) is 1.65. The van der Waals surface area contributed by atoms with Crippen LogP contribution in [0.5, 0.6) is 0 Å². The average Bonchev–Trinajstić information content (AvgIpc) is 3.05. The average molecular weight is 375 g/mol. The third kappa shape index (κ3) is 3.60. The van der Waals surface area contributed by atoms with E-state index in [2.05, 4.69) is 4.72 Å². The van der Waals surface area contributed by atoms with Crippen molar-refractivity contribution in [2.24, 2.45) is 0 Å². The molecule has 1 aromatic heterocycles. The lowest BCUT2D eigenvalue weighted by Gasteiger charge is -2.10. The Morgan fingerprint density at radius 3 is 2.35 bits per heavy atom. The molecule has 0 amide bonds. The summed E-state index contributed by atoms with van der Waals surface area (Å²) in [6.45, 7) is 1.74. The Morgan fingerprint density at radius 2 is 1.77 bits per heavy atom. The minimum absolute atomic E-state index is 0.0576. The van der Waals surface area contributed by atoms with Gasteiger partial charge in [-0.3, -0.25) is 4.72 Å². The molecule has 6 nitrogen and oxygen atoms in total. The highest BCUT2D eigenvalue weighted by atomic mass is 32.2. The van der Waals surface area contributed by atoms with Gasteiger partial charge in [0.15, 0.2) is 0 Å². The summed E-state index contributed by atoms with van der Waals surface area (Å²) in [6.07, 6.45) is 0. The lowest BCUT2D eigenvalue weighted by molar-refractivity contribution is 0.0663. The molecular weight excluding hydrogens is 361 g/mol. The lowest BCUT2D eigenvalue weighted by atomic mass is 10.1. The maximum Gasteiger partial charge on any atom is 0.371 e. The van der Waals surface area contributed by atoms with Gasteiger partial charge in [0.1, 0.15) is 11.6 Å². The van der Waals surface area contributed by atoms with Crippen molar-refractivity contribution in [3.05, 3.63) is 71.7 Å². The normalized spacial score (nSPS) is 11.3. The van der Waals surface area contributed by atoms with Crippen molar-refractivity contribution in [2.75, 3.05) is 4.72 Å². The number of rotatable bonds is 5. The Labute approximate surface area is 149 Å². The first-order chi connectivity index (χ1) is 12.3. The van der Waals surface area contributed by atoms with E-state index in [1.807, 2.05) is 0 Å². The van der Waals surface area contributed by atoms with E-state index >= 15 is 0 Å². The van der Waals surface area contributed by atoms with Crippen LogP contribution in [0, 0.1) is 12.7 Å². The summed E-state index contributed by atoms with van der Waals surface area (Å²) in [5.74, 6) is -1.51. The van der Waals surface area contributed by atoms with Crippen LogP contribution in [-0.4, -0.2) is 19.5 Å². The van der Waals surface area contributed by atoms with Crippen LogP contribution in [0.1, 0.15) is 16.1 Å². The number of nitrogens with one attached hydrogen (secondary N) is 1. The number of aryl methyl sites for hydroxylation is 1. The summed E-state index contributed by atoms with van der Waals surface area (Å²) in [6, 6.07) is 12.1. The third-order valence-corrected chi connectivity index (χ3v) is 5.08. The molecule has 2 aromatic carbocycles. The van der Waals surface area contributed by atoms with Crippen LogP contribution in [0.2, 0.25) is 0 Å². The second kappa shape index (κ2) is 6.64. The van der Waals surface area contributed by atoms with Crippen LogP contribution < -0.4 is 4.72 Å². The fourth-order valence-electron chi connectivity index (χ4n) is 2.43. The molecule has 3 aromatic rings. The number of hydrogen-bond donors (Lipinski definition) is 2. The van der Waals surface area contributed by atoms with Crippen molar-refractivity contribution in [1.82, 2.24) is 0 Å². The molecule has 0 fully saturated rings. The lowest BCUT2D eigenvalue weighted by Crippen LogP contribution is -2.13. The standard InChI is InChI=1S/C18H14FNO5S/c1-11-10-13(20-26(23,24)14-5-2-12(19)3-6-14)4-7-15(11)16-8-9-17(25-16)18(21)22/h2-10,20H,1H3,(H,21,22). The van der Waals surface area contributed by atoms with Crippen LogP contribution in [0.15, 0.2) is 63.9 Å². The smallest absolute Gasteiger partial charge is 0.371 e. The maximum atomic E-state index is 13.0. The number of carboxylic acid groups (broad SMARTS) is 1. The highest BCUT2D eigenvalue weighted by Gasteiger charge is 2.16. The maximum absolute atomic E-state index is 13.0. The van der Waals surface area contributed by atoms with Gasteiger partial charge in [-0.2, -0.15) is 0 Å². The van der Waals surface area contributed by atoms with Crippen LogP contribution in [0.4, 0.5) is 10.1 Å². The van der Waals surface area contributed by atoms with Gasteiger partial charge in [0.2, 0.25) is 5.76 Å². The monoisotopic (exact) mass is 375 g/mol. The van der Waals surface area contributed by atoms with E-state index in [9.17, 15) is 17.6 Å². The molecule has 0 saturated heterocycles.